The molecule has 3 rings (SSSR count). The molecule has 1 saturated heterocycles. The Labute approximate surface area is 171 Å². The lowest BCUT2D eigenvalue weighted by Gasteiger charge is -2.13. The van der Waals surface area contributed by atoms with Gasteiger partial charge in [-0.05, 0) is 54.1 Å². The van der Waals surface area contributed by atoms with E-state index in [0.717, 1.165) is 16.7 Å². The third-order valence-corrected chi connectivity index (χ3v) is 5.18. The molecule has 8 heteroatoms. The molecule has 28 heavy (non-hydrogen) atoms. The van der Waals surface area contributed by atoms with Gasteiger partial charge in [0, 0.05) is 0 Å². The molecule has 0 unspecified atom stereocenters. The van der Waals surface area contributed by atoms with E-state index in [-0.39, 0.29) is 28.0 Å². The Hall–Kier alpha value is -2.95. The molecule has 0 aliphatic carbocycles. The number of rotatable bonds is 5. The van der Waals surface area contributed by atoms with Gasteiger partial charge in [-0.3, -0.25) is 14.5 Å². The summed E-state index contributed by atoms with van der Waals surface area (Å²) in [5.74, 6) is -0.435. The van der Waals surface area contributed by atoms with Gasteiger partial charge in [0.1, 0.15) is 0 Å². The van der Waals surface area contributed by atoms with Crippen LogP contribution in [0.3, 0.4) is 0 Å². The van der Waals surface area contributed by atoms with Crippen molar-refractivity contribution in [1.82, 2.24) is 4.90 Å². The molecule has 142 valence electrons. The molecule has 0 saturated carbocycles. The first-order chi connectivity index (χ1) is 13.4. The molecule has 2 aromatic carbocycles. The third kappa shape index (κ3) is 3.98. The Morgan fingerprint density at radius 3 is 2.79 bits per heavy atom. The zero-order valence-electron chi connectivity index (χ0n) is 14.8. The van der Waals surface area contributed by atoms with Gasteiger partial charge in [-0.25, -0.2) is 0 Å². The zero-order valence-corrected chi connectivity index (χ0v) is 16.4. The summed E-state index contributed by atoms with van der Waals surface area (Å²) in [5.41, 5.74) is 1.53. The van der Waals surface area contributed by atoms with Gasteiger partial charge >= 0.3 is 0 Å². The van der Waals surface area contributed by atoms with Crippen LogP contribution in [-0.4, -0.2) is 27.8 Å². The first-order valence-electron chi connectivity index (χ1n) is 8.33. The van der Waals surface area contributed by atoms with Gasteiger partial charge in [-0.2, -0.15) is 5.26 Å². The number of hydrogen-bond acceptors (Lipinski definition) is 6. The average Bonchev–Trinajstić information content (AvgIpc) is 2.93. The Kier molecular flexibility index (Phi) is 5.93. The summed E-state index contributed by atoms with van der Waals surface area (Å²) in [6, 6.07) is 11.9. The second-order valence-corrected chi connectivity index (χ2v) is 7.22. The van der Waals surface area contributed by atoms with Gasteiger partial charge in [0.15, 0.2) is 11.5 Å². The van der Waals surface area contributed by atoms with Crippen LogP contribution in [0.15, 0.2) is 41.3 Å². The molecule has 0 atom stereocenters. The number of benzene rings is 2. The largest absolute Gasteiger partial charge is 0.503 e. The molecular weight excluding hydrogens is 400 g/mol. The quantitative estimate of drug-likeness (QED) is 0.721. The molecule has 1 aliphatic heterocycles. The van der Waals surface area contributed by atoms with Gasteiger partial charge in [0.05, 0.1) is 34.7 Å². The highest BCUT2D eigenvalue weighted by Crippen LogP contribution is 2.38. The summed E-state index contributed by atoms with van der Waals surface area (Å²) in [5, 5.41) is 18.8. The molecule has 2 amide bonds. The summed E-state index contributed by atoms with van der Waals surface area (Å²) in [4.78, 5) is 26.4. The third-order valence-electron chi connectivity index (χ3n) is 3.99. The Morgan fingerprint density at radius 1 is 1.32 bits per heavy atom. The normalized spacial score (nSPS) is 15.2. The van der Waals surface area contributed by atoms with Crippen molar-refractivity contribution in [3.63, 3.8) is 0 Å². The number of carbonyl (C=O) groups excluding carboxylic acids is 2. The monoisotopic (exact) mass is 414 g/mol. The predicted octanol–water partition coefficient (Wildman–Crippen LogP) is 4.55. The lowest BCUT2D eigenvalue weighted by molar-refractivity contribution is -0.123. The highest BCUT2D eigenvalue weighted by atomic mass is 35.5. The fraction of sp³-hybridized carbons (Fsp3) is 0.150. The van der Waals surface area contributed by atoms with Crippen molar-refractivity contribution in [3.8, 4) is 17.6 Å². The van der Waals surface area contributed by atoms with Crippen molar-refractivity contribution in [3.05, 3.63) is 63.0 Å². The van der Waals surface area contributed by atoms with Crippen molar-refractivity contribution in [1.29, 1.82) is 5.26 Å². The number of ether oxygens (including phenoxy) is 1. The number of aromatic hydroxyl groups is 1. The van der Waals surface area contributed by atoms with Crippen LogP contribution in [0.4, 0.5) is 4.79 Å². The number of carbonyl (C=O) groups is 2. The van der Waals surface area contributed by atoms with Crippen molar-refractivity contribution < 1.29 is 19.4 Å². The number of imide groups is 1. The van der Waals surface area contributed by atoms with Crippen LogP contribution in [0.1, 0.15) is 23.6 Å². The standard InChI is InChI=1S/C20H15ClN2O4S/c1-2-27-16-8-12(7-15(21)18(16)24)9-17-19(25)23(20(26)28-17)11-14-6-4-3-5-13(14)10-22/h3-9,24H,2,11H2,1H3/b17-9-. The summed E-state index contributed by atoms with van der Waals surface area (Å²) in [6.07, 6.45) is 1.52. The summed E-state index contributed by atoms with van der Waals surface area (Å²) >= 11 is 6.82. The van der Waals surface area contributed by atoms with Gasteiger partial charge in [0.25, 0.3) is 11.1 Å². The van der Waals surface area contributed by atoms with E-state index in [1.807, 2.05) is 0 Å². The Bertz CT molecular complexity index is 1030. The van der Waals surface area contributed by atoms with E-state index in [1.165, 1.54) is 12.1 Å². The van der Waals surface area contributed by atoms with E-state index in [1.54, 1.807) is 37.3 Å². The zero-order chi connectivity index (χ0) is 20.3. The van der Waals surface area contributed by atoms with E-state index in [2.05, 4.69) is 6.07 Å². The first-order valence-corrected chi connectivity index (χ1v) is 9.52. The van der Waals surface area contributed by atoms with E-state index in [0.29, 0.717) is 23.3 Å². The van der Waals surface area contributed by atoms with E-state index >= 15 is 0 Å². The lowest BCUT2D eigenvalue weighted by Crippen LogP contribution is -2.27. The minimum absolute atomic E-state index is 0.0201. The highest BCUT2D eigenvalue weighted by molar-refractivity contribution is 8.18. The van der Waals surface area contributed by atoms with Crippen LogP contribution in [0.2, 0.25) is 5.02 Å². The maximum absolute atomic E-state index is 12.7. The molecule has 2 aromatic rings. The number of hydrogen-bond donors (Lipinski definition) is 1. The van der Waals surface area contributed by atoms with Crippen LogP contribution in [0.5, 0.6) is 11.5 Å². The lowest BCUT2D eigenvalue weighted by atomic mass is 10.1. The van der Waals surface area contributed by atoms with E-state index < -0.39 is 11.1 Å². The number of nitriles is 1. The molecule has 1 N–H and O–H groups in total. The average molecular weight is 415 g/mol. The molecule has 0 aromatic heterocycles. The first kappa shape index (κ1) is 19.8. The van der Waals surface area contributed by atoms with Crippen LogP contribution in [0, 0.1) is 11.3 Å². The van der Waals surface area contributed by atoms with Crippen molar-refractivity contribution in [2.75, 3.05) is 6.61 Å². The highest BCUT2D eigenvalue weighted by Gasteiger charge is 2.35. The van der Waals surface area contributed by atoms with E-state index in [9.17, 15) is 20.0 Å². The Morgan fingerprint density at radius 2 is 2.07 bits per heavy atom. The molecule has 0 bridgehead atoms. The predicted molar refractivity (Wildman–Crippen MR) is 107 cm³/mol. The maximum atomic E-state index is 12.7. The topological polar surface area (TPSA) is 90.6 Å². The number of nitrogens with zero attached hydrogens (tertiary/aromatic N) is 2. The molecule has 1 fully saturated rings. The van der Waals surface area contributed by atoms with Gasteiger partial charge in [-0.1, -0.05) is 29.8 Å². The van der Waals surface area contributed by atoms with Crippen molar-refractivity contribution in [2.24, 2.45) is 0 Å². The number of halogens is 1. The summed E-state index contributed by atoms with van der Waals surface area (Å²) in [7, 11) is 0. The number of phenolic OH excluding ortho intramolecular Hbond substituents is 1. The summed E-state index contributed by atoms with van der Waals surface area (Å²) in [6.45, 7) is 2.12. The molecular formula is C20H15ClN2O4S. The van der Waals surface area contributed by atoms with Crippen LogP contribution in [0.25, 0.3) is 6.08 Å². The molecule has 0 radical (unpaired) electrons. The second-order valence-electron chi connectivity index (χ2n) is 5.82. The van der Waals surface area contributed by atoms with Crippen LogP contribution in [-0.2, 0) is 11.3 Å². The number of amides is 2. The SMILES string of the molecule is CCOc1cc(/C=C2\SC(=O)N(Cc3ccccc3C#N)C2=O)cc(Cl)c1O. The smallest absolute Gasteiger partial charge is 0.293 e. The van der Waals surface area contributed by atoms with Gasteiger partial charge < -0.3 is 9.84 Å². The van der Waals surface area contributed by atoms with Gasteiger partial charge in [-0.15, -0.1) is 0 Å². The fourth-order valence-electron chi connectivity index (χ4n) is 2.67. The van der Waals surface area contributed by atoms with Gasteiger partial charge in [0.2, 0.25) is 0 Å². The Balaban J connectivity index is 1.88. The maximum Gasteiger partial charge on any atom is 0.293 e. The number of thioether (sulfide) groups is 1. The van der Waals surface area contributed by atoms with Crippen molar-refractivity contribution >= 4 is 40.6 Å². The second kappa shape index (κ2) is 8.38. The molecule has 0 spiro atoms. The number of phenols is 1. The fourth-order valence-corrected chi connectivity index (χ4v) is 3.73. The molecule has 1 heterocycles. The summed E-state index contributed by atoms with van der Waals surface area (Å²) < 4.78 is 5.33. The van der Waals surface area contributed by atoms with Crippen molar-refractivity contribution in [2.45, 2.75) is 13.5 Å². The van der Waals surface area contributed by atoms with Crippen LogP contribution >= 0.6 is 23.4 Å². The van der Waals surface area contributed by atoms with E-state index in [4.69, 9.17) is 16.3 Å². The minimum atomic E-state index is -0.454. The molecule has 6 nitrogen and oxygen atoms in total. The van der Waals surface area contributed by atoms with Crippen LogP contribution < -0.4 is 4.74 Å². The molecule has 1 aliphatic rings. The minimum Gasteiger partial charge on any atom is -0.503 e.